The standard InChI is InChI=1S/C24H37N3O5S/c1-26-14-20(28)13-25-33(29,30)24-7-6-18(17-8-10-31-11-9-17)12-22(24)32-23-16-27(15-21(23)26)19-4-2-3-5-19/h6-7,12,17,19-21,23,25,28H,2-5,8-11,13-16H2,1H3/t20-,21+,23-/m0/s1. The van der Waals surface area contributed by atoms with E-state index in [0.717, 1.165) is 44.7 Å². The third kappa shape index (κ3) is 5.09. The molecule has 8 nitrogen and oxygen atoms in total. The summed E-state index contributed by atoms with van der Waals surface area (Å²) in [6, 6.07) is 6.20. The van der Waals surface area contributed by atoms with Crippen molar-refractivity contribution in [2.24, 2.45) is 0 Å². The summed E-state index contributed by atoms with van der Waals surface area (Å²) in [4.78, 5) is 4.82. The van der Waals surface area contributed by atoms with Gasteiger partial charge in [-0.2, -0.15) is 0 Å². The molecule has 0 aromatic heterocycles. The van der Waals surface area contributed by atoms with Crippen molar-refractivity contribution in [2.45, 2.75) is 73.6 Å². The highest BCUT2D eigenvalue weighted by molar-refractivity contribution is 7.89. The average molecular weight is 480 g/mol. The molecular formula is C24H37N3O5S. The summed E-state index contributed by atoms with van der Waals surface area (Å²) in [5.41, 5.74) is 1.11. The van der Waals surface area contributed by atoms with Gasteiger partial charge in [-0.1, -0.05) is 18.9 Å². The largest absolute Gasteiger partial charge is 0.486 e. The smallest absolute Gasteiger partial charge is 0.244 e. The van der Waals surface area contributed by atoms with Gasteiger partial charge in [0.2, 0.25) is 10.0 Å². The third-order valence-corrected chi connectivity index (χ3v) is 9.37. The van der Waals surface area contributed by atoms with Gasteiger partial charge in [0.05, 0.1) is 12.1 Å². The molecule has 184 valence electrons. The van der Waals surface area contributed by atoms with Crippen LogP contribution >= 0.6 is 0 Å². The minimum Gasteiger partial charge on any atom is -0.486 e. The Morgan fingerprint density at radius 3 is 2.58 bits per heavy atom. The van der Waals surface area contributed by atoms with E-state index in [1.54, 1.807) is 6.07 Å². The van der Waals surface area contributed by atoms with Gasteiger partial charge >= 0.3 is 0 Å². The van der Waals surface area contributed by atoms with Crippen LogP contribution in [0.1, 0.15) is 50.0 Å². The van der Waals surface area contributed by atoms with Crippen LogP contribution < -0.4 is 9.46 Å². The number of benzene rings is 1. The summed E-state index contributed by atoms with van der Waals surface area (Å²) in [5, 5.41) is 10.6. The molecule has 1 saturated carbocycles. The molecule has 0 amide bonds. The summed E-state index contributed by atoms with van der Waals surface area (Å²) in [5.74, 6) is 0.778. The number of nitrogens with one attached hydrogen (secondary N) is 1. The molecule has 3 atom stereocenters. The number of fused-ring (bicyclic) bond motifs is 2. The fourth-order valence-electron chi connectivity index (χ4n) is 5.99. The van der Waals surface area contributed by atoms with E-state index < -0.39 is 16.1 Å². The van der Waals surface area contributed by atoms with Gasteiger partial charge in [-0.25, -0.2) is 13.1 Å². The molecule has 0 unspecified atom stereocenters. The van der Waals surface area contributed by atoms with Crippen molar-refractivity contribution in [3.8, 4) is 5.75 Å². The molecule has 4 aliphatic rings. The molecule has 0 spiro atoms. The van der Waals surface area contributed by atoms with E-state index in [2.05, 4.69) is 14.5 Å². The molecule has 0 bridgehead atoms. The van der Waals surface area contributed by atoms with Gasteiger partial charge in [-0.15, -0.1) is 0 Å². The van der Waals surface area contributed by atoms with E-state index in [1.807, 2.05) is 19.2 Å². The number of aliphatic hydroxyl groups is 1. The topological polar surface area (TPSA) is 91.3 Å². The van der Waals surface area contributed by atoms with Gasteiger partial charge in [0.25, 0.3) is 0 Å². The average Bonchev–Trinajstić information content (AvgIpc) is 3.48. The maximum Gasteiger partial charge on any atom is 0.244 e. The van der Waals surface area contributed by atoms with Crippen molar-refractivity contribution in [2.75, 3.05) is 46.4 Å². The van der Waals surface area contributed by atoms with Crippen molar-refractivity contribution < 1.29 is 23.0 Å². The second-order valence-electron chi connectivity index (χ2n) is 10.2. The highest BCUT2D eigenvalue weighted by atomic mass is 32.2. The first kappa shape index (κ1) is 23.5. The first-order valence-electron chi connectivity index (χ1n) is 12.4. The van der Waals surface area contributed by atoms with E-state index in [1.165, 1.54) is 25.7 Å². The van der Waals surface area contributed by atoms with Gasteiger partial charge in [-0.3, -0.25) is 9.80 Å². The van der Waals surface area contributed by atoms with E-state index in [9.17, 15) is 13.5 Å². The predicted molar refractivity (Wildman–Crippen MR) is 125 cm³/mol. The molecule has 0 radical (unpaired) electrons. The second kappa shape index (κ2) is 9.79. The maximum absolute atomic E-state index is 13.2. The van der Waals surface area contributed by atoms with Crippen molar-refractivity contribution in [3.63, 3.8) is 0 Å². The Labute approximate surface area is 197 Å². The quantitative estimate of drug-likeness (QED) is 0.665. The normalized spacial score (nSPS) is 32.6. The SMILES string of the molecule is CN1C[C@@H](O)CNS(=O)(=O)c2ccc(C3CCOCC3)cc2O[C@H]2CN(C3CCCC3)C[C@H]21. The van der Waals surface area contributed by atoms with Crippen LogP contribution in [0.2, 0.25) is 0 Å². The van der Waals surface area contributed by atoms with Gasteiger partial charge < -0.3 is 14.6 Å². The van der Waals surface area contributed by atoms with Gasteiger partial charge in [0, 0.05) is 45.4 Å². The number of β-amino-alcohol motifs (C(OH)–C–C–N with tert-alkyl or cyclic N) is 1. The Hall–Kier alpha value is -1.23. The Balaban J connectivity index is 1.50. The minimum absolute atomic E-state index is 0.0163. The summed E-state index contributed by atoms with van der Waals surface area (Å²) < 4.78 is 41.0. The molecule has 1 aliphatic carbocycles. The zero-order valence-electron chi connectivity index (χ0n) is 19.5. The van der Waals surface area contributed by atoms with Gasteiger partial charge in [0.15, 0.2) is 0 Å². The predicted octanol–water partition coefficient (Wildman–Crippen LogP) is 1.54. The summed E-state index contributed by atoms with van der Waals surface area (Å²) in [7, 11) is -1.80. The lowest BCUT2D eigenvalue weighted by atomic mass is 9.92. The Morgan fingerprint density at radius 2 is 1.82 bits per heavy atom. The molecular weight excluding hydrogens is 442 g/mol. The molecule has 5 rings (SSSR count). The molecule has 3 heterocycles. The lowest BCUT2D eigenvalue weighted by Gasteiger charge is -2.30. The van der Waals surface area contributed by atoms with Crippen molar-refractivity contribution in [1.82, 2.24) is 14.5 Å². The van der Waals surface area contributed by atoms with Crippen molar-refractivity contribution in [1.29, 1.82) is 0 Å². The molecule has 2 N–H and O–H groups in total. The van der Waals surface area contributed by atoms with Crippen molar-refractivity contribution >= 4 is 10.0 Å². The Kier molecular flexibility index (Phi) is 6.98. The summed E-state index contributed by atoms with van der Waals surface area (Å²) >= 11 is 0. The van der Waals surface area contributed by atoms with Crippen LogP contribution in [0.25, 0.3) is 0 Å². The maximum atomic E-state index is 13.2. The highest BCUT2D eigenvalue weighted by Crippen LogP contribution is 2.36. The number of likely N-dealkylation sites (tertiary alicyclic amines) is 1. The second-order valence-corrected chi connectivity index (χ2v) is 11.9. The number of aliphatic hydroxyl groups excluding tert-OH is 1. The molecule has 2 saturated heterocycles. The summed E-state index contributed by atoms with van der Waals surface area (Å²) in [6.45, 7) is 3.50. The number of sulfonamides is 1. The molecule has 3 aliphatic heterocycles. The summed E-state index contributed by atoms with van der Waals surface area (Å²) in [6.07, 6.45) is 5.90. The van der Waals surface area contributed by atoms with E-state index in [0.29, 0.717) is 24.3 Å². The molecule has 9 heteroatoms. The van der Waals surface area contributed by atoms with Crippen molar-refractivity contribution in [3.05, 3.63) is 23.8 Å². The number of nitrogens with zero attached hydrogens (tertiary/aromatic N) is 2. The first-order valence-corrected chi connectivity index (χ1v) is 13.9. The number of ether oxygens (including phenoxy) is 2. The van der Waals surface area contributed by atoms with E-state index in [4.69, 9.17) is 9.47 Å². The van der Waals surface area contributed by atoms with Gasteiger partial charge in [0.1, 0.15) is 16.7 Å². The number of likely N-dealkylation sites (N-methyl/N-ethyl adjacent to an activating group) is 1. The molecule has 3 fully saturated rings. The highest BCUT2D eigenvalue weighted by Gasteiger charge is 2.42. The molecule has 1 aromatic rings. The van der Waals surface area contributed by atoms with Gasteiger partial charge in [-0.05, 0) is 56.3 Å². The lowest BCUT2D eigenvalue weighted by Crippen LogP contribution is -2.47. The fraction of sp³-hybridized carbons (Fsp3) is 0.750. The zero-order chi connectivity index (χ0) is 23.0. The van der Waals surface area contributed by atoms with Crippen LogP contribution in [0.3, 0.4) is 0 Å². The number of rotatable bonds is 2. The monoisotopic (exact) mass is 479 g/mol. The minimum atomic E-state index is -3.81. The van der Waals surface area contributed by atoms with E-state index >= 15 is 0 Å². The van der Waals surface area contributed by atoms with Crippen LogP contribution in [-0.2, 0) is 14.8 Å². The van der Waals surface area contributed by atoms with Crippen LogP contribution in [-0.4, -0.2) is 94.1 Å². The molecule has 33 heavy (non-hydrogen) atoms. The van der Waals surface area contributed by atoms with Crippen LogP contribution in [0.5, 0.6) is 5.75 Å². The fourth-order valence-corrected chi connectivity index (χ4v) is 7.18. The van der Waals surface area contributed by atoms with Crippen LogP contribution in [0.4, 0.5) is 0 Å². The number of hydrogen-bond acceptors (Lipinski definition) is 7. The lowest BCUT2D eigenvalue weighted by molar-refractivity contribution is 0.0709. The Bertz CT molecular complexity index is 930. The first-order chi connectivity index (χ1) is 15.9. The van der Waals surface area contributed by atoms with Crippen LogP contribution in [0.15, 0.2) is 23.1 Å². The zero-order valence-corrected chi connectivity index (χ0v) is 20.3. The number of hydrogen-bond donors (Lipinski definition) is 2. The Morgan fingerprint density at radius 1 is 1.06 bits per heavy atom. The van der Waals surface area contributed by atoms with Crippen LogP contribution in [0, 0.1) is 0 Å². The third-order valence-electron chi connectivity index (χ3n) is 7.91. The molecule has 1 aromatic carbocycles. The van der Waals surface area contributed by atoms with E-state index in [-0.39, 0.29) is 23.6 Å².